The lowest BCUT2D eigenvalue weighted by Crippen LogP contribution is -2.55. The van der Waals surface area contributed by atoms with Crippen LogP contribution in [0, 0.1) is 34.5 Å². The zero-order chi connectivity index (χ0) is 19.9. The number of para-hydroxylation sites is 2. The molecule has 154 valence electrons. The number of benzene rings is 1. The van der Waals surface area contributed by atoms with Crippen molar-refractivity contribution in [1.82, 2.24) is 9.55 Å². The predicted octanol–water partition coefficient (Wildman–Crippen LogP) is 5.89. The average molecular weight is 391 g/mol. The number of imidazole rings is 1. The Labute approximate surface area is 174 Å². The van der Waals surface area contributed by atoms with Crippen molar-refractivity contribution in [3.8, 4) is 0 Å². The summed E-state index contributed by atoms with van der Waals surface area (Å²) in [6.45, 7) is 5.08. The van der Waals surface area contributed by atoms with Gasteiger partial charge in [-0.3, -0.25) is 0 Å². The van der Waals surface area contributed by atoms with E-state index >= 15 is 0 Å². The molecular weight excluding hydrogens is 356 g/mol. The van der Waals surface area contributed by atoms with Gasteiger partial charge in [-0.25, -0.2) is 4.98 Å². The summed E-state index contributed by atoms with van der Waals surface area (Å²) < 4.78 is 2.08. The van der Waals surface area contributed by atoms with Gasteiger partial charge < -0.3 is 9.67 Å². The minimum absolute atomic E-state index is 0.384. The zero-order valence-corrected chi connectivity index (χ0v) is 17.8. The van der Waals surface area contributed by atoms with Gasteiger partial charge in [0.1, 0.15) is 5.72 Å². The Morgan fingerprint density at radius 1 is 1.03 bits per heavy atom. The van der Waals surface area contributed by atoms with Gasteiger partial charge in [-0.2, -0.15) is 0 Å². The largest absolute Gasteiger partial charge is 0.370 e. The van der Waals surface area contributed by atoms with Gasteiger partial charge in [0, 0.05) is 0 Å². The zero-order valence-electron chi connectivity index (χ0n) is 17.8. The Balaban J connectivity index is 1.31. The molecule has 0 saturated heterocycles. The Morgan fingerprint density at radius 3 is 2.79 bits per heavy atom. The summed E-state index contributed by atoms with van der Waals surface area (Å²) in [5.41, 5.74) is 2.10. The molecule has 29 heavy (non-hydrogen) atoms. The second kappa shape index (κ2) is 5.97. The van der Waals surface area contributed by atoms with E-state index in [1.54, 1.807) is 0 Å². The Bertz CT molecular complexity index is 978. The molecule has 1 heterocycles. The molecule has 1 aromatic carbocycles. The van der Waals surface area contributed by atoms with Crippen LogP contribution in [0.15, 0.2) is 42.7 Å². The molecule has 7 atom stereocenters. The summed E-state index contributed by atoms with van der Waals surface area (Å²) in [5, 5.41) is 11.8. The first-order chi connectivity index (χ1) is 13.9. The van der Waals surface area contributed by atoms with E-state index in [1.165, 1.54) is 32.1 Å². The van der Waals surface area contributed by atoms with E-state index in [4.69, 9.17) is 0 Å². The fourth-order valence-electron chi connectivity index (χ4n) is 8.22. The second-order valence-electron chi connectivity index (χ2n) is 11.1. The van der Waals surface area contributed by atoms with Crippen LogP contribution in [0.3, 0.4) is 0 Å². The van der Waals surface area contributed by atoms with E-state index in [0.717, 1.165) is 48.0 Å². The van der Waals surface area contributed by atoms with Gasteiger partial charge in [-0.05, 0) is 98.0 Å². The maximum absolute atomic E-state index is 11.8. The smallest absolute Gasteiger partial charge is 0.143 e. The molecule has 4 aliphatic rings. The Kier molecular flexibility index (Phi) is 3.74. The van der Waals surface area contributed by atoms with Crippen molar-refractivity contribution in [3.63, 3.8) is 0 Å². The summed E-state index contributed by atoms with van der Waals surface area (Å²) in [6, 6.07) is 8.22. The lowest BCUT2D eigenvalue weighted by atomic mass is 9.45. The van der Waals surface area contributed by atoms with Crippen LogP contribution < -0.4 is 0 Å². The Morgan fingerprint density at radius 2 is 1.90 bits per heavy atom. The summed E-state index contributed by atoms with van der Waals surface area (Å²) in [4.78, 5) is 4.57. The molecule has 0 aliphatic heterocycles. The van der Waals surface area contributed by atoms with Crippen molar-refractivity contribution < 1.29 is 5.11 Å². The van der Waals surface area contributed by atoms with Gasteiger partial charge in [0.15, 0.2) is 0 Å². The maximum Gasteiger partial charge on any atom is 0.143 e. The third-order valence-corrected chi connectivity index (χ3v) is 9.93. The number of nitrogens with zero attached hydrogens (tertiary/aromatic N) is 2. The monoisotopic (exact) mass is 390 g/mol. The molecule has 6 rings (SSSR count). The molecule has 0 spiro atoms. The first-order valence-electron chi connectivity index (χ1n) is 11.8. The summed E-state index contributed by atoms with van der Waals surface area (Å²) in [7, 11) is 0. The van der Waals surface area contributed by atoms with Gasteiger partial charge in [-0.15, -0.1) is 0 Å². The Hall–Kier alpha value is -1.61. The molecule has 3 fully saturated rings. The summed E-state index contributed by atoms with van der Waals surface area (Å²) in [5.74, 6) is 3.19. The van der Waals surface area contributed by atoms with E-state index in [9.17, 15) is 5.11 Å². The van der Waals surface area contributed by atoms with Crippen molar-refractivity contribution in [2.75, 3.05) is 0 Å². The van der Waals surface area contributed by atoms with Crippen LogP contribution in [-0.2, 0) is 5.72 Å². The molecular formula is C26H34N2O. The lowest BCUT2D eigenvalue weighted by molar-refractivity contribution is -0.171. The van der Waals surface area contributed by atoms with Gasteiger partial charge in [-0.1, -0.05) is 38.1 Å². The van der Waals surface area contributed by atoms with Crippen molar-refractivity contribution in [2.45, 2.75) is 70.9 Å². The third kappa shape index (κ3) is 2.43. The number of hydrogen-bond acceptors (Lipinski definition) is 2. The minimum atomic E-state index is -0.786. The van der Waals surface area contributed by atoms with Crippen molar-refractivity contribution >= 4 is 11.0 Å². The fraction of sp³-hybridized carbons (Fsp3) is 0.654. The first kappa shape index (κ1) is 18.2. The molecule has 0 unspecified atom stereocenters. The van der Waals surface area contributed by atoms with Crippen LogP contribution in [-0.4, -0.2) is 14.7 Å². The second-order valence-corrected chi connectivity index (χ2v) is 11.1. The average Bonchev–Trinajstić information content (AvgIpc) is 3.32. The van der Waals surface area contributed by atoms with E-state index < -0.39 is 5.72 Å². The fourth-order valence-corrected chi connectivity index (χ4v) is 8.22. The normalized spacial score (nSPS) is 46.3. The number of rotatable bonds is 1. The topological polar surface area (TPSA) is 38.0 Å². The van der Waals surface area contributed by atoms with E-state index in [1.807, 2.05) is 18.5 Å². The van der Waals surface area contributed by atoms with Crippen LogP contribution in [0.1, 0.15) is 65.2 Å². The van der Waals surface area contributed by atoms with Crippen LogP contribution in [0.5, 0.6) is 0 Å². The van der Waals surface area contributed by atoms with Crippen molar-refractivity contribution in [1.29, 1.82) is 0 Å². The maximum atomic E-state index is 11.8. The van der Waals surface area contributed by atoms with Crippen LogP contribution in [0.25, 0.3) is 11.0 Å². The molecule has 4 aliphatic carbocycles. The molecule has 0 bridgehead atoms. The van der Waals surface area contributed by atoms with Gasteiger partial charge in [0.25, 0.3) is 0 Å². The van der Waals surface area contributed by atoms with Crippen molar-refractivity contribution in [3.05, 3.63) is 42.7 Å². The number of allylic oxidation sites excluding steroid dienone is 2. The lowest BCUT2D eigenvalue weighted by Gasteiger charge is -2.61. The highest BCUT2D eigenvalue weighted by molar-refractivity contribution is 5.75. The number of hydrogen-bond donors (Lipinski definition) is 1. The SMILES string of the molecule is C[C@]12CC[C@](O)(n3cnc4ccccc43)C[C@@H]1CC[C@@H]1[C@@H]2CC[C@]2(C)C=CC[C@@H]12. The highest BCUT2D eigenvalue weighted by Crippen LogP contribution is 2.66. The number of aromatic nitrogens is 2. The quantitative estimate of drug-likeness (QED) is 0.617. The summed E-state index contributed by atoms with van der Waals surface area (Å²) in [6.07, 6.45) is 16.4. The van der Waals surface area contributed by atoms with E-state index in [2.05, 4.69) is 47.7 Å². The highest BCUT2D eigenvalue weighted by atomic mass is 16.3. The molecule has 1 aromatic heterocycles. The van der Waals surface area contributed by atoms with Crippen LogP contribution >= 0.6 is 0 Å². The van der Waals surface area contributed by atoms with Gasteiger partial charge in [0.2, 0.25) is 0 Å². The van der Waals surface area contributed by atoms with E-state index in [-0.39, 0.29) is 0 Å². The minimum Gasteiger partial charge on any atom is -0.370 e. The summed E-state index contributed by atoms with van der Waals surface area (Å²) >= 11 is 0. The van der Waals surface area contributed by atoms with Crippen molar-refractivity contribution in [2.24, 2.45) is 34.5 Å². The van der Waals surface area contributed by atoms with Gasteiger partial charge in [0.05, 0.1) is 17.4 Å². The number of aliphatic hydroxyl groups is 1. The molecule has 2 aromatic rings. The number of fused-ring (bicyclic) bond motifs is 6. The van der Waals surface area contributed by atoms with Crippen LogP contribution in [0.4, 0.5) is 0 Å². The molecule has 1 N–H and O–H groups in total. The highest BCUT2D eigenvalue weighted by Gasteiger charge is 2.59. The van der Waals surface area contributed by atoms with Gasteiger partial charge >= 0.3 is 0 Å². The first-order valence-corrected chi connectivity index (χ1v) is 11.8. The van der Waals surface area contributed by atoms with Crippen LogP contribution in [0.2, 0.25) is 0 Å². The van der Waals surface area contributed by atoms with E-state index in [0.29, 0.717) is 16.7 Å². The molecule has 3 nitrogen and oxygen atoms in total. The third-order valence-electron chi connectivity index (χ3n) is 9.93. The molecule has 3 heteroatoms. The molecule has 0 amide bonds. The standard InChI is InChI=1S/C26H34N2O/c1-24-12-5-6-20(24)19-10-9-18-16-26(29,15-14-25(18,2)21(19)11-13-24)28-17-27-22-7-3-4-8-23(22)28/h3-5,7-8,12,17-21,29H,6,9-11,13-16H2,1-2H3/t18-,19-,20-,21-,24-,25-,26+/m0/s1. The predicted molar refractivity (Wildman–Crippen MR) is 116 cm³/mol. The molecule has 3 saturated carbocycles. The molecule has 0 radical (unpaired) electrons.